The Morgan fingerprint density at radius 1 is 1.11 bits per heavy atom. The summed E-state index contributed by atoms with van der Waals surface area (Å²) in [5.74, 6) is 0.222. The zero-order valence-corrected chi connectivity index (χ0v) is 21.0. The van der Waals surface area contributed by atoms with Gasteiger partial charge in [0.1, 0.15) is 5.75 Å². The molecule has 3 aromatic rings. The van der Waals surface area contributed by atoms with E-state index in [1.165, 1.54) is 18.9 Å². The molecule has 0 unspecified atom stereocenters. The lowest BCUT2D eigenvalue weighted by molar-refractivity contribution is -0.113. The molecule has 2 amide bonds. The lowest BCUT2D eigenvalue weighted by Gasteiger charge is -2.15. The summed E-state index contributed by atoms with van der Waals surface area (Å²) >= 11 is 1.20. The van der Waals surface area contributed by atoms with E-state index in [2.05, 4.69) is 27.4 Å². The Hall–Kier alpha value is -4.12. The molecule has 2 N–H and O–H groups in total. The molecule has 1 atom stereocenters. The van der Waals surface area contributed by atoms with Crippen LogP contribution in [0.3, 0.4) is 0 Å². The van der Waals surface area contributed by atoms with Gasteiger partial charge in [0.25, 0.3) is 5.91 Å². The van der Waals surface area contributed by atoms with Crippen molar-refractivity contribution in [3.05, 3.63) is 78.1 Å². The smallest absolute Gasteiger partial charge is 0.337 e. The molecule has 36 heavy (non-hydrogen) atoms. The molecule has 0 radical (unpaired) electrons. The van der Waals surface area contributed by atoms with Gasteiger partial charge in [-0.25, -0.2) is 4.79 Å². The third-order valence-corrected chi connectivity index (χ3v) is 6.01. The van der Waals surface area contributed by atoms with Gasteiger partial charge in [-0.15, -0.1) is 16.8 Å². The van der Waals surface area contributed by atoms with Gasteiger partial charge in [0.05, 0.1) is 31.6 Å². The number of aromatic nitrogens is 3. The van der Waals surface area contributed by atoms with Crippen molar-refractivity contribution in [1.82, 2.24) is 20.1 Å². The second kappa shape index (κ2) is 12.5. The van der Waals surface area contributed by atoms with Gasteiger partial charge < -0.3 is 24.7 Å². The highest BCUT2D eigenvalue weighted by atomic mass is 32.2. The Morgan fingerprint density at radius 2 is 1.86 bits per heavy atom. The molecule has 0 aliphatic carbocycles. The summed E-state index contributed by atoms with van der Waals surface area (Å²) in [7, 11) is 2.86. The normalized spacial score (nSPS) is 11.3. The number of thioether (sulfide) groups is 1. The van der Waals surface area contributed by atoms with E-state index < -0.39 is 12.0 Å². The minimum absolute atomic E-state index is 0.0598. The van der Waals surface area contributed by atoms with Crippen LogP contribution in [0.25, 0.3) is 0 Å². The van der Waals surface area contributed by atoms with Crippen molar-refractivity contribution in [3.63, 3.8) is 0 Å². The zero-order valence-electron chi connectivity index (χ0n) is 20.2. The predicted molar refractivity (Wildman–Crippen MR) is 136 cm³/mol. The maximum atomic E-state index is 12.7. The summed E-state index contributed by atoms with van der Waals surface area (Å²) in [6, 6.07) is 12.8. The average molecular weight is 510 g/mol. The molecule has 188 valence electrons. The highest BCUT2D eigenvalue weighted by Gasteiger charge is 2.20. The number of allylic oxidation sites excluding steroid dienone is 1. The molecular weight excluding hydrogens is 482 g/mol. The van der Waals surface area contributed by atoms with Gasteiger partial charge in [0.2, 0.25) is 5.91 Å². The van der Waals surface area contributed by atoms with Crippen molar-refractivity contribution < 1.29 is 23.9 Å². The van der Waals surface area contributed by atoms with Crippen LogP contribution >= 0.6 is 11.8 Å². The number of methoxy groups -OCH3 is 2. The number of carbonyl (C=O) groups excluding carboxylic acids is 3. The largest absolute Gasteiger partial charge is 0.497 e. The monoisotopic (exact) mass is 509 g/mol. The van der Waals surface area contributed by atoms with Gasteiger partial charge in [-0.3, -0.25) is 9.59 Å². The Morgan fingerprint density at radius 3 is 2.53 bits per heavy atom. The van der Waals surface area contributed by atoms with Gasteiger partial charge in [0.15, 0.2) is 11.0 Å². The lowest BCUT2D eigenvalue weighted by Crippen LogP contribution is -2.28. The molecule has 0 spiro atoms. The highest BCUT2D eigenvalue weighted by molar-refractivity contribution is 7.99. The second-order valence-corrected chi connectivity index (χ2v) is 8.52. The Balaban J connectivity index is 1.64. The summed E-state index contributed by atoms with van der Waals surface area (Å²) in [6.07, 6.45) is 1.69. The van der Waals surface area contributed by atoms with E-state index >= 15 is 0 Å². The quantitative estimate of drug-likeness (QED) is 0.229. The van der Waals surface area contributed by atoms with Gasteiger partial charge in [-0.1, -0.05) is 23.9 Å². The van der Waals surface area contributed by atoms with Crippen molar-refractivity contribution in [2.75, 3.05) is 25.3 Å². The first-order valence-corrected chi connectivity index (χ1v) is 11.9. The molecule has 1 heterocycles. The molecule has 0 saturated heterocycles. The van der Waals surface area contributed by atoms with Crippen molar-refractivity contribution in [3.8, 4) is 5.75 Å². The van der Waals surface area contributed by atoms with E-state index in [9.17, 15) is 14.4 Å². The number of benzene rings is 2. The first-order valence-electron chi connectivity index (χ1n) is 11.0. The molecule has 0 aliphatic rings. The molecule has 0 bridgehead atoms. The molecule has 0 aliphatic heterocycles. The highest BCUT2D eigenvalue weighted by Crippen LogP contribution is 2.22. The third-order valence-electron chi connectivity index (χ3n) is 5.04. The molecule has 2 aromatic carbocycles. The summed E-state index contributed by atoms with van der Waals surface area (Å²) in [6.45, 7) is 5.99. The number of nitrogens with zero attached hydrogens (tertiary/aromatic N) is 3. The predicted octanol–water partition coefficient (Wildman–Crippen LogP) is 3.48. The second-order valence-electron chi connectivity index (χ2n) is 7.57. The maximum absolute atomic E-state index is 12.7. The van der Waals surface area contributed by atoms with Crippen LogP contribution in [0.15, 0.2) is 66.3 Å². The number of carbonyl (C=O) groups is 3. The van der Waals surface area contributed by atoms with E-state index in [4.69, 9.17) is 9.47 Å². The minimum Gasteiger partial charge on any atom is -0.497 e. The third kappa shape index (κ3) is 6.72. The molecule has 1 aromatic heterocycles. The maximum Gasteiger partial charge on any atom is 0.337 e. The van der Waals surface area contributed by atoms with Gasteiger partial charge in [0, 0.05) is 17.8 Å². The SMILES string of the molecule is C=CCn1c(SCC(=O)Nc2cccc(C(=O)OC)c2)nnc1[C@@H](C)NC(=O)c1ccc(OC)cc1. The molecule has 0 saturated carbocycles. The van der Waals surface area contributed by atoms with Crippen LogP contribution in [0.5, 0.6) is 5.75 Å². The van der Waals surface area contributed by atoms with E-state index in [-0.39, 0.29) is 17.6 Å². The van der Waals surface area contributed by atoms with Crippen LogP contribution in [-0.2, 0) is 16.1 Å². The fourth-order valence-corrected chi connectivity index (χ4v) is 4.04. The fraction of sp³-hybridized carbons (Fsp3) is 0.240. The van der Waals surface area contributed by atoms with E-state index in [0.29, 0.717) is 40.1 Å². The van der Waals surface area contributed by atoms with Gasteiger partial charge in [-0.2, -0.15) is 0 Å². The van der Waals surface area contributed by atoms with Crippen molar-refractivity contribution in [2.45, 2.75) is 24.7 Å². The Labute approximate surface area is 213 Å². The number of esters is 1. The fourth-order valence-electron chi connectivity index (χ4n) is 3.28. The minimum atomic E-state index is -0.487. The number of ether oxygens (including phenoxy) is 2. The average Bonchev–Trinajstić information content (AvgIpc) is 3.30. The summed E-state index contributed by atoms with van der Waals surface area (Å²) in [5, 5.41) is 14.6. The number of hydrogen-bond donors (Lipinski definition) is 2. The van der Waals surface area contributed by atoms with Crippen LogP contribution in [0.4, 0.5) is 5.69 Å². The molecule has 3 rings (SSSR count). The molecular formula is C25H27N5O5S. The number of rotatable bonds is 11. The summed E-state index contributed by atoms with van der Waals surface area (Å²) in [4.78, 5) is 36.9. The zero-order chi connectivity index (χ0) is 26.1. The van der Waals surface area contributed by atoms with Gasteiger partial charge in [-0.05, 0) is 49.4 Å². The topological polar surface area (TPSA) is 124 Å². The summed E-state index contributed by atoms with van der Waals surface area (Å²) < 4.78 is 11.6. The van der Waals surface area contributed by atoms with Crippen molar-refractivity contribution in [1.29, 1.82) is 0 Å². The Bertz CT molecular complexity index is 1240. The lowest BCUT2D eigenvalue weighted by atomic mass is 10.2. The molecule has 10 nitrogen and oxygen atoms in total. The Kier molecular flexibility index (Phi) is 9.23. The first-order chi connectivity index (χ1) is 17.4. The number of hydrogen-bond acceptors (Lipinski definition) is 8. The number of nitrogens with one attached hydrogen (secondary N) is 2. The van der Waals surface area contributed by atoms with Crippen LogP contribution in [0.2, 0.25) is 0 Å². The van der Waals surface area contributed by atoms with E-state index in [1.807, 2.05) is 0 Å². The van der Waals surface area contributed by atoms with Crippen LogP contribution < -0.4 is 15.4 Å². The van der Waals surface area contributed by atoms with Crippen LogP contribution in [-0.4, -0.2) is 52.5 Å². The summed E-state index contributed by atoms with van der Waals surface area (Å²) in [5.41, 5.74) is 1.30. The van der Waals surface area contributed by atoms with E-state index in [1.54, 1.807) is 73.2 Å². The first kappa shape index (κ1) is 26.5. The van der Waals surface area contributed by atoms with E-state index in [0.717, 1.165) is 0 Å². The van der Waals surface area contributed by atoms with Crippen molar-refractivity contribution >= 4 is 35.2 Å². The van der Waals surface area contributed by atoms with Crippen molar-refractivity contribution in [2.24, 2.45) is 0 Å². The molecule has 0 fully saturated rings. The van der Waals surface area contributed by atoms with Crippen LogP contribution in [0, 0.1) is 0 Å². The number of amides is 2. The number of anilines is 1. The molecule has 11 heteroatoms. The van der Waals surface area contributed by atoms with Gasteiger partial charge >= 0.3 is 5.97 Å². The standard InChI is InChI=1S/C25H27N5O5S/c1-5-13-30-22(16(2)26-23(32)17-9-11-20(34-3)12-10-17)28-29-25(30)36-15-21(31)27-19-8-6-7-18(14-19)24(33)35-4/h5-12,14,16H,1,13,15H2,2-4H3,(H,26,32)(H,27,31)/t16-/m1/s1. The van der Waals surface area contributed by atoms with Crippen LogP contribution in [0.1, 0.15) is 39.5 Å².